The highest BCUT2D eigenvalue weighted by Crippen LogP contribution is 2.34. The lowest BCUT2D eigenvalue weighted by molar-refractivity contribution is 0.228. The number of benzene rings is 3. The van der Waals surface area contributed by atoms with E-state index in [-0.39, 0.29) is 18.3 Å². The van der Waals surface area contributed by atoms with Crippen LogP contribution in [0.4, 0.5) is 4.39 Å². The van der Waals surface area contributed by atoms with Crippen LogP contribution in [0.2, 0.25) is 0 Å². The highest BCUT2D eigenvalue weighted by atomic mass is 19.1. The number of phenolic OH excluding ortho intramolecular Hbond substituents is 1. The summed E-state index contributed by atoms with van der Waals surface area (Å²) < 4.78 is 21.1. The molecule has 1 N–H and O–H groups in total. The Morgan fingerprint density at radius 1 is 1.00 bits per heavy atom. The third-order valence-electron chi connectivity index (χ3n) is 6.89. The van der Waals surface area contributed by atoms with E-state index >= 15 is 0 Å². The van der Waals surface area contributed by atoms with Gasteiger partial charge in [0.15, 0.2) is 0 Å². The fraction of sp³-hybridized carbons (Fsp3) is 0.310. The average molecular weight is 459 g/mol. The first kappa shape index (κ1) is 22.5. The Bertz CT molecular complexity index is 1250. The number of nitrogens with zero attached hydrogens (tertiary/aromatic N) is 2. The molecule has 5 rings (SSSR count). The molecule has 4 aromatic rings. The van der Waals surface area contributed by atoms with Crippen molar-refractivity contribution in [1.82, 2.24) is 9.47 Å². The number of phenols is 1. The van der Waals surface area contributed by atoms with Crippen LogP contribution >= 0.6 is 0 Å². The molecule has 1 aromatic heterocycles. The van der Waals surface area contributed by atoms with Gasteiger partial charge in [-0.1, -0.05) is 30.3 Å². The maximum Gasteiger partial charge on any atom is 0.119 e. The molecule has 3 aromatic carbocycles. The number of hydrogen-bond acceptors (Lipinski definition) is 3. The predicted molar refractivity (Wildman–Crippen MR) is 135 cm³/mol. The van der Waals surface area contributed by atoms with Crippen LogP contribution < -0.4 is 4.74 Å². The van der Waals surface area contributed by atoms with Gasteiger partial charge in [0.25, 0.3) is 0 Å². The molecule has 1 atom stereocenters. The first-order valence-electron chi connectivity index (χ1n) is 12.0. The summed E-state index contributed by atoms with van der Waals surface area (Å²) >= 11 is 0. The molecule has 0 amide bonds. The molecule has 0 aliphatic carbocycles. The highest BCUT2D eigenvalue weighted by molar-refractivity contribution is 5.91. The van der Waals surface area contributed by atoms with Crippen molar-refractivity contribution in [3.05, 3.63) is 83.9 Å². The zero-order valence-electron chi connectivity index (χ0n) is 19.6. The first-order chi connectivity index (χ1) is 16.6. The second-order valence-corrected chi connectivity index (χ2v) is 9.23. The van der Waals surface area contributed by atoms with E-state index in [1.165, 1.54) is 27.7 Å². The van der Waals surface area contributed by atoms with Gasteiger partial charge in [-0.2, -0.15) is 0 Å². The summed E-state index contributed by atoms with van der Waals surface area (Å²) in [6.07, 6.45) is 0.949. The van der Waals surface area contributed by atoms with Gasteiger partial charge in [0, 0.05) is 36.5 Å². The summed E-state index contributed by atoms with van der Waals surface area (Å²) in [5.74, 6) is 1.32. The zero-order valence-corrected chi connectivity index (χ0v) is 19.6. The molecule has 34 heavy (non-hydrogen) atoms. The number of aryl methyl sites for hydroxylation is 1. The molecule has 1 aliphatic heterocycles. The second-order valence-electron chi connectivity index (χ2n) is 9.23. The van der Waals surface area contributed by atoms with Crippen molar-refractivity contribution >= 4 is 10.9 Å². The lowest BCUT2D eigenvalue weighted by Gasteiger charge is -2.16. The Morgan fingerprint density at radius 2 is 1.76 bits per heavy atom. The number of ether oxygens (including phenoxy) is 1. The third-order valence-corrected chi connectivity index (χ3v) is 6.89. The number of alkyl halides is 1. The smallest absolute Gasteiger partial charge is 0.119 e. The number of rotatable bonds is 8. The molecule has 1 unspecified atom stereocenters. The Labute approximate surface area is 200 Å². The van der Waals surface area contributed by atoms with E-state index in [0.717, 1.165) is 43.9 Å². The Kier molecular flexibility index (Phi) is 6.54. The molecule has 1 saturated heterocycles. The number of aromatic hydroxyl groups is 1. The Balaban J connectivity index is 1.32. The van der Waals surface area contributed by atoms with E-state index in [1.54, 1.807) is 12.1 Å². The second kappa shape index (κ2) is 9.90. The van der Waals surface area contributed by atoms with Crippen molar-refractivity contribution in [1.29, 1.82) is 0 Å². The third kappa shape index (κ3) is 4.66. The van der Waals surface area contributed by atoms with Gasteiger partial charge in [-0.25, -0.2) is 0 Å². The van der Waals surface area contributed by atoms with Crippen LogP contribution in [0.25, 0.3) is 22.2 Å². The largest absolute Gasteiger partial charge is 0.508 e. The quantitative estimate of drug-likeness (QED) is 0.350. The minimum Gasteiger partial charge on any atom is -0.508 e. The number of fused-ring (bicyclic) bond motifs is 1. The summed E-state index contributed by atoms with van der Waals surface area (Å²) in [5, 5.41) is 11.0. The highest BCUT2D eigenvalue weighted by Gasteiger charge is 2.21. The molecule has 1 aliphatic rings. The van der Waals surface area contributed by atoms with Crippen LogP contribution in [0, 0.1) is 12.8 Å². The van der Waals surface area contributed by atoms with E-state index in [0.29, 0.717) is 6.61 Å². The van der Waals surface area contributed by atoms with Gasteiger partial charge in [0.05, 0.1) is 12.4 Å². The SMILES string of the molecule is Cc1c(-c2ccc(O)cc2)n(Cc2ccc(OCCN3CCC(CF)C3)cc2)c2ccccc12. The van der Waals surface area contributed by atoms with Gasteiger partial charge >= 0.3 is 0 Å². The molecule has 1 fully saturated rings. The van der Waals surface area contributed by atoms with Crippen LogP contribution in [0.3, 0.4) is 0 Å². The van der Waals surface area contributed by atoms with Crippen LogP contribution in [0.1, 0.15) is 17.5 Å². The monoisotopic (exact) mass is 458 g/mol. The van der Waals surface area contributed by atoms with Crippen molar-refractivity contribution < 1.29 is 14.2 Å². The molecule has 0 spiro atoms. The number of para-hydroxylation sites is 1. The molecule has 0 saturated carbocycles. The number of likely N-dealkylation sites (tertiary alicyclic amines) is 1. The van der Waals surface area contributed by atoms with E-state index in [2.05, 4.69) is 52.8 Å². The fourth-order valence-electron chi connectivity index (χ4n) is 5.04. The van der Waals surface area contributed by atoms with Gasteiger partial charge in [0.1, 0.15) is 18.1 Å². The van der Waals surface area contributed by atoms with Crippen LogP contribution in [-0.4, -0.2) is 47.5 Å². The molecule has 0 radical (unpaired) electrons. The van der Waals surface area contributed by atoms with Crippen LogP contribution in [-0.2, 0) is 6.54 Å². The van der Waals surface area contributed by atoms with Gasteiger partial charge in [-0.15, -0.1) is 0 Å². The van der Waals surface area contributed by atoms with Gasteiger partial charge in [0.2, 0.25) is 0 Å². The fourth-order valence-corrected chi connectivity index (χ4v) is 5.04. The maximum absolute atomic E-state index is 12.8. The molecule has 4 nitrogen and oxygen atoms in total. The van der Waals surface area contributed by atoms with E-state index in [4.69, 9.17) is 4.74 Å². The lowest BCUT2D eigenvalue weighted by atomic mass is 10.1. The van der Waals surface area contributed by atoms with E-state index in [1.807, 2.05) is 24.3 Å². The minimum atomic E-state index is -0.219. The van der Waals surface area contributed by atoms with Crippen LogP contribution in [0.15, 0.2) is 72.8 Å². The van der Waals surface area contributed by atoms with Crippen molar-refractivity contribution in [2.24, 2.45) is 5.92 Å². The Hall–Kier alpha value is -3.31. The van der Waals surface area contributed by atoms with E-state index < -0.39 is 0 Å². The topological polar surface area (TPSA) is 37.6 Å². The first-order valence-corrected chi connectivity index (χ1v) is 12.0. The standard InChI is InChI=1S/C29H31FN2O2/c1-21-27-4-2-3-5-28(27)32(29(21)24-8-10-25(33)11-9-24)20-22-6-12-26(13-7-22)34-17-16-31-15-14-23(18-30)19-31/h2-13,23,33H,14-20H2,1H3. The molecule has 2 heterocycles. The summed E-state index contributed by atoms with van der Waals surface area (Å²) in [6.45, 7) is 5.94. The summed E-state index contributed by atoms with van der Waals surface area (Å²) in [7, 11) is 0. The summed E-state index contributed by atoms with van der Waals surface area (Å²) in [4.78, 5) is 2.28. The number of halogens is 1. The molecular weight excluding hydrogens is 427 g/mol. The van der Waals surface area contributed by atoms with E-state index in [9.17, 15) is 9.50 Å². The number of hydrogen-bond donors (Lipinski definition) is 1. The van der Waals surface area contributed by atoms with Gasteiger partial charge in [-0.3, -0.25) is 9.29 Å². The molecule has 176 valence electrons. The van der Waals surface area contributed by atoms with Gasteiger partial charge in [-0.05, 0) is 79.0 Å². The summed E-state index contributed by atoms with van der Waals surface area (Å²) in [6, 6.07) is 24.2. The minimum absolute atomic E-state index is 0.194. The van der Waals surface area contributed by atoms with Crippen LogP contribution in [0.5, 0.6) is 11.5 Å². The predicted octanol–water partition coefficient (Wildman–Crippen LogP) is 6.04. The Morgan fingerprint density at radius 3 is 2.50 bits per heavy atom. The normalized spacial score (nSPS) is 16.4. The number of aromatic nitrogens is 1. The van der Waals surface area contributed by atoms with Crippen molar-refractivity contribution in [2.45, 2.75) is 19.9 Å². The zero-order chi connectivity index (χ0) is 23.5. The average Bonchev–Trinajstić information content (AvgIpc) is 3.44. The summed E-state index contributed by atoms with van der Waals surface area (Å²) in [5.41, 5.74) is 5.87. The maximum atomic E-state index is 12.8. The van der Waals surface area contributed by atoms with Crippen molar-refractivity contribution in [3.63, 3.8) is 0 Å². The van der Waals surface area contributed by atoms with Crippen molar-refractivity contribution in [3.8, 4) is 22.8 Å². The molecule has 0 bridgehead atoms. The van der Waals surface area contributed by atoms with Gasteiger partial charge < -0.3 is 14.4 Å². The molecule has 5 heteroatoms. The lowest BCUT2D eigenvalue weighted by Crippen LogP contribution is -2.26. The van der Waals surface area contributed by atoms with Crippen molar-refractivity contribution in [2.75, 3.05) is 32.9 Å². The molecular formula is C29H31FN2O2.